The molecule has 0 spiro atoms. The molecule has 0 radical (unpaired) electrons. The molecule has 0 atom stereocenters. The van der Waals surface area contributed by atoms with Crippen LogP contribution >= 0.6 is 9.80 Å². The van der Waals surface area contributed by atoms with Gasteiger partial charge in [0.25, 0.3) is 0 Å². The standard InChI is InChI=1S/C2H5NO.ClH.Li/c1-2(3)4;;/h1H3,(H2,3,4);1H;/q;;+1/p-1. The first-order valence-corrected chi connectivity index (χ1v) is 2.13. The Labute approximate surface area is 50.3 Å². The Kier molecular flexibility index (Phi) is 14.5. The molecule has 6 heavy (non-hydrogen) atoms. The zero-order chi connectivity index (χ0) is 5.58. The molecule has 0 aromatic rings. The van der Waals surface area contributed by atoms with Crippen molar-refractivity contribution in [3.05, 3.63) is 0 Å². The topological polar surface area (TPSA) is 43.1 Å². The predicted octanol–water partition coefficient (Wildman–Crippen LogP) is -0.200. The van der Waals surface area contributed by atoms with Crippen LogP contribution in [0.4, 0.5) is 0 Å². The number of amides is 1. The van der Waals surface area contributed by atoms with Gasteiger partial charge in [0.15, 0.2) is 0 Å². The molecule has 0 rings (SSSR count). The first kappa shape index (κ1) is 9.61. The van der Waals surface area contributed by atoms with Crippen molar-refractivity contribution in [3.63, 3.8) is 0 Å². The van der Waals surface area contributed by atoms with E-state index < -0.39 is 0 Å². The first-order chi connectivity index (χ1) is 2.73. The van der Waals surface area contributed by atoms with Crippen molar-refractivity contribution in [2.45, 2.75) is 6.92 Å². The molecule has 0 bridgehead atoms. The molecule has 0 aliphatic rings. The van der Waals surface area contributed by atoms with E-state index in [0.717, 1.165) is 0 Å². The zero-order valence-corrected chi connectivity index (χ0v) is 4.62. The molecule has 2 nitrogen and oxygen atoms in total. The molecule has 0 aliphatic heterocycles. The van der Waals surface area contributed by atoms with E-state index in [-0.39, 0.29) is 5.91 Å². The maximum atomic E-state index is 9.22. The molecule has 2 N–H and O–H groups in total. The van der Waals surface area contributed by atoms with Crippen LogP contribution in [0.5, 0.6) is 0 Å². The van der Waals surface area contributed by atoms with Crippen LogP contribution in [-0.4, -0.2) is 22.7 Å². The summed E-state index contributed by atoms with van der Waals surface area (Å²) in [5, 5.41) is 0. The number of hydrogen-bond acceptors (Lipinski definition) is 1. The summed E-state index contributed by atoms with van der Waals surface area (Å²) in [6.45, 7) is 1.31. The third-order valence-corrected chi connectivity index (χ3v) is 0. The van der Waals surface area contributed by atoms with Crippen LogP contribution in [0.25, 0.3) is 0 Å². The Morgan fingerprint density at radius 1 is 1.83 bits per heavy atom. The van der Waals surface area contributed by atoms with Crippen molar-refractivity contribution in [1.29, 1.82) is 0 Å². The van der Waals surface area contributed by atoms with Gasteiger partial charge in [0.05, 0.1) is 0 Å². The zero-order valence-electron chi connectivity index (χ0n) is 3.86. The summed E-state index contributed by atoms with van der Waals surface area (Å²) in [6.07, 6.45) is 0. The maximum absolute atomic E-state index is 9.22. The Balaban J connectivity index is 0. The fourth-order valence-corrected chi connectivity index (χ4v) is 0. The average Bonchev–Trinajstić information content (AvgIpc) is 1.41. The molecule has 0 aromatic heterocycles. The summed E-state index contributed by atoms with van der Waals surface area (Å²) in [5.41, 5.74) is 4.47. The van der Waals surface area contributed by atoms with Crippen molar-refractivity contribution in [3.8, 4) is 0 Å². The van der Waals surface area contributed by atoms with Crippen molar-refractivity contribution < 1.29 is 4.79 Å². The Morgan fingerprint density at radius 3 is 1.83 bits per heavy atom. The number of hydrogen-bond donors (Lipinski definition) is 1. The van der Waals surface area contributed by atoms with Crippen LogP contribution < -0.4 is 5.73 Å². The van der Waals surface area contributed by atoms with E-state index in [1.807, 2.05) is 0 Å². The van der Waals surface area contributed by atoms with Gasteiger partial charge in [-0.3, -0.25) is 4.79 Å². The molecule has 32 valence electrons. The van der Waals surface area contributed by atoms with Crippen molar-refractivity contribution >= 4 is 32.4 Å². The van der Waals surface area contributed by atoms with Gasteiger partial charge in [-0.25, -0.2) is 0 Å². The second-order valence-corrected chi connectivity index (χ2v) is 0.611. The van der Waals surface area contributed by atoms with Gasteiger partial charge in [0.2, 0.25) is 5.91 Å². The van der Waals surface area contributed by atoms with Gasteiger partial charge in [0.1, 0.15) is 0 Å². The van der Waals surface area contributed by atoms with E-state index >= 15 is 0 Å². The SMILES string of the molecule is CC(N)=O.[Li][Cl]. The van der Waals surface area contributed by atoms with Crippen LogP contribution in [0.2, 0.25) is 0 Å². The van der Waals surface area contributed by atoms with Gasteiger partial charge >= 0.3 is 26.5 Å². The van der Waals surface area contributed by atoms with E-state index in [9.17, 15) is 4.79 Å². The van der Waals surface area contributed by atoms with Crippen LogP contribution in [0.3, 0.4) is 0 Å². The number of carbonyl (C=O) groups is 1. The summed E-state index contributed by atoms with van der Waals surface area (Å²) in [4.78, 5) is 9.22. The van der Waals surface area contributed by atoms with E-state index in [1.165, 1.54) is 23.7 Å². The molecule has 1 amide bonds. The Hall–Kier alpha value is 0.357. The number of halogens is 1. The summed E-state index contributed by atoms with van der Waals surface area (Å²) >= 11 is 1.47. The normalized spacial score (nSPS) is 5.33. The fourth-order valence-electron chi connectivity index (χ4n) is 0. The van der Waals surface area contributed by atoms with Gasteiger partial charge in [-0.1, -0.05) is 0 Å². The average molecular weight is 101 g/mol. The molecule has 0 unspecified atom stereocenters. The van der Waals surface area contributed by atoms with Gasteiger partial charge in [-0.05, 0) is 0 Å². The van der Waals surface area contributed by atoms with Crippen molar-refractivity contribution in [2.75, 3.05) is 0 Å². The predicted molar refractivity (Wildman–Crippen MR) is 26.5 cm³/mol. The fraction of sp³-hybridized carbons (Fsp3) is 0.500. The summed E-state index contributed by atoms with van der Waals surface area (Å²) in [5.74, 6) is -0.333. The molecule has 0 saturated carbocycles. The summed E-state index contributed by atoms with van der Waals surface area (Å²) in [7, 11) is 4.64. The Morgan fingerprint density at radius 2 is 1.83 bits per heavy atom. The van der Waals surface area contributed by atoms with Crippen molar-refractivity contribution in [2.24, 2.45) is 5.73 Å². The van der Waals surface area contributed by atoms with Gasteiger partial charge < -0.3 is 5.73 Å². The van der Waals surface area contributed by atoms with E-state index in [2.05, 4.69) is 15.5 Å². The van der Waals surface area contributed by atoms with Crippen LogP contribution in [0.15, 0.2) is 0 Å². The van der Waals surface area contributed by atoms with Crippen LogP contribution in [-0.2, 0) is 4.79 Å². The second kappa shape index (κ2) is 9.02. The molecular formula is C2H5ClLiNO. The second-order valence-electron chi connectivity index (χ2n) is 0.611. The number of nitrogens with two attached hydrogens (primary N) is 1. The minimum atomic E-state index is -0.333. The molecule has 0 aliphatic carbocycles. The quantitative estimate of drug-likeness (QED) is 0.422. The minimum absolute atomic E-state index is 0.333. The van der Waals surface area contributed by atoms with Crippen LogP contribution in [0, 0.1) is 0 Å². The molecular weight excluding hydrogens is 96.4 g/mol. The van der Waals surface area contributed by atoms with Crippen LogP contribution in [0.1, 0.15) is 6.92 Å². The van der Waals surface area contributed by atoms with E-state index in [0.29, 0.717) is 0 Å². The molecule has 4 heteroatoms. The van der Waals surface area contributed by atoms with Gasteiger partial charge in [-0.2, -0.15) is 0 Å². The molecule has 0 saturated heterocycles. The number of primary amides is 1. The van der Waals surface area contributed by atoms with E-state index in [1.54, 1.807) is 0 Å². The van der Waals surface area contributed by atoms with Gasteiger partial charge in [-0.15, -0.1) is 0 Å². The molecule has 0 aromatic carbocycles. The van der Waals surface area contributed by atoms with Gasteiger partial charge in [0, 0.05) is 6.92 Å². The monoisotopic (exact) mass is 101 g/mol. The molecule has 0 fully saturated rings. The third kappa shape index (κ3) is 385. The number of carbonyl (C=O) groups excluding carboxylic acids is 1. The Bertz CT molecular complexity index is 36.5. The molecule has 0 heterocycles. The summed E-state index contributed by atoms with van der Waals surface area (Å²) in [6, 6.07) is 0. The van der Waals surface area contributed by atoms with E-state index in [4.69, 9.17) is 0 Å². The number of rotatable bonds is 0. The van der Waals surface area contributed by atoms with Crippen molar-refractivity contribution in [1.82, 2.24) is 0 Å². The third-order valence-electron chi connectivity index (χ3n) is 0. The summed E-state index contributed by atoms with van der Waals surface area (Å²) < 4.78 is 0. The first-order valence-electron chi connectivity index (χ1n) is 1.37.